The quantitative estimate of drug-likeness (QED) is 0.420. The van der Waals surface area contributed by atoms with E-state index in [1.54, 1.807) is 31.2 Å². The molecule has 1 aromatic carbocycles. The maximum atomic E-state index is 10.8. The van der Waals surface area contributed by atoms with Crippen LogP contribution in [0.15, 0.2) is 29.4 Å². The smallest absolute Gasteiger partial charge is 0.329 e. The molecule has 0 atom stereocenters. The number of nitrogens with two attached hydrogens (primary N) is 1. The number of carbonyl (C=O) groups excluding carboxylic acids is 2. The van der Waals surface area contributed by atoms with E-state index >= 15 is 0 Å². The number of primary amides is 1. The first-order valence-electron chi connectivity index (χ1n) is 4.69. The molecule has 0 heterocycles. The van der Waals surface area contributed by atoms with Gasteiger partial charge in [0, 0.05) is 0 Å². The van der Waals surface area contributed by atoms with Crippen LogP contribution in [0.1, 0.15) is 18.1 Å². The van der Waals surface area contributed by atoms with Gasteiger partial charge in [-0.25, -0.2) is 5.43 Å². The number of hydrogen-bond acceptors (Lipinski definition) is 4. The average molecular weight is 230 g/mol. The zero-order valence-corrected chi connectivity index (χ0v) is 9.10. The van der Waals surface area contributed by atoms with Crippen LogP contribution in [0, 0.1) is 11.3 Å². The van der Waals surface area contributed by atoms with Crippen LogP contribution in [-0.2, 0) is 9.59 Å². The zero-order valence-electron chi connectivity index (χ0n) is 9.10. The van der Waals surface area contributed by atoms with Crippen LogP contribution in [-0.4, -0.2) is 17.5 Å². The largest absolute Gasteiger partial charge is 0.361 e. The van der Waals surface area contributed by atoms with Crippen molar-refractivity contribution in [1.82, 2.24) is 5.43 Å². The van der Waals surface area contributed by atoms with Crippen molar-refractivity contribution in [3.63, 3.8) is 0 Å². The van der Waals surface area contributed by atoms with E-state index in [0.29, 0.717) is 11.3 Å². The van der Waals surface area contributed by atoms with Gasteiger partial charge in [0.15, 0.2) is 0 Å². The predicted molar refractivity (Wildman–Crippen MR) is 60.7 cm³/mol. The Kier molecular flexibility index (Phi) is 3.95. The van der Waals surface area contributed by atoms with Gasteiger partial charge in [-0.15, -0.1) is 0 Å². The lowest BCUT2D eigenvalue weighted by molar-refractivity contribution is -0.137. The number of nitrogens with zero attached hydrogens (tertiary/aromatic N) is 2. The van der Waals surface area contributed by atoms with Crippen LogP contribution in [0.4, 0.5) is 0 Å². The maximum absolute atomic E-state index is 10.8. The van der Waals surface area contributed by atoms with Crippen LogP contribution >= 0.6 is 0 Å². The molecule has 1 aromatic rings. The summed E-state index contributed by atoms with van der Waals surface area (Å²) in [6.07, 6.45) is 0. The first-order valence-corrected chi connectivity index (χ1v) is 4.69. The van der Waals surface area contributed by atoms with Crippen molar-refractivity contribution in [3.8, 4) is 6.07 Å². The molecule has 1 rings (SSSR count). The highest BCUT2D eigenvalue weighted by molar-refractivity contribution is 6.34. The average Bonchev–Trinajstić information content (AvgIpc) is 2.35. The van der Waals surface area contributed by atoms with Crippen molar-refractivity contribution >= 4 is 17.5 Å². The van der Waals surface area contributed by atoms with Gasteiger partial charge in [0.1, 0.15) is 0 Å². The van der Waals surface area contributed by atoms with E-state index in [-0.39, 0.29) is 0 Å². The van der Waals surface area contributed by atoms with Crippen molar-refractivity contribution < 1.29 is 9.59 Å². The first-order chi connectivity index (χ1) is 8.04. The highest BCUT2D eigenvalue weighted by atomic mass is 16.2. The molecule has 0 saturated heterocycles. The van der Waals surface area contributed by atoms with Crippen LogP contribution in [0.5, 0.6) is 0 Å². The van der Waals surface area contributed by atoms with Gasteiger partial charge in [-0.1, -0.05) is 12.1 Å². The summed E-state index contributed by atoms with van der Waals surface area (Å²) < 4.78 is 0. The molecule has 17 heavy (non-hydrogen) atoms. The molecule has 0 aromatic heterocycles. The Hall–Kier alpha value is -2.68. The van der Waals surface area contributed by atoms with E-state index in [4.69, 9.17) is 11.0 Å². The third-order valence-corrected chi connectivity index (χ3v) is 1.98. The van der Waals surface area contributed by atoms with Crippen molar-refractivity contribution in [3.05, 3.63) is 35.4 Å². The van der Waals surface area contributed by atoms with Crippen molar-refractivity contribution in [2.75, 3.05) is 0 Å². The van der Waals surface area contributed by atoms with Crippen LogP contribution < -0.4 is 11.2 Å². The molecule has 0 radical (unpaired) electrons. The molecule has 0 bridgehead atoms. The SMILES string of the molecule is CC(=NNC(=O)C(N)=O)c1ccc(C#N)cc1. The minimum absolute atomic E-state index is 0.504. The molecule has 2 amide bonds. The molecule has 6 nitrogen and oxygen atoms in total. The second kappa shape index (κ2) is 5.42. The van der Waals surface area contributed by atoms with Crippen LogP contribution in [0.3, 0.4) is 0 Å². The number of benzene rings is 1. The summed E-state index contributed by atoms with van der Waals surface area (Å²) in [5, 5.41) is 12.3. The van der Waals surface area contributed by atoms with E-state index in [2.05, 4.69) is 5.10 Å². The van der Waals surface area contributed by atoms with Gasteiger partial charge in [0.25, 0.3) is 0 Å². The minimum Gasteiger partial charge on any atom is -0.361 e. The fraction of sp³-hybridized carbons (Fsp3) is 0.0909. The first kappa shape index (κ1) is 12.4. The van der Waals surface area contributed by atoms with Gasteiger partial charge < -0.3 is 5.73 Å². The second-order valence-electron chi connectivity index (χ2n) is 3.19. The van der Waals surface area contributed by atoms with Gasteiger partial charge in [0.05, 0.1) is 17.3 Å². The minimum atomic E-state index is -1.10. The van der Waals surface area contributed by atoms with Crippen LogP contribution in [0.2, 0.25) is 0 Å². The molecular weight excluding hydrogens is 220 g/mol. The molecule has 0 aliphatic rings. The van der Waals surface area contributed by atoms with E-state index in [0.717, 1.165) is 5.56 Å². The molecule has 0 unspecified atom stereocenters. The Labute approximate surface area is 97.7 Å². The molecule has 3 N–H and O–H groups in total. The fourth-order valence-corrected chi connectivity index (χ4v) is 1.04. The Morgan fingerprint density at radius 1 is 1.35 bits per heavy atom. The number of hydrogen-bond donors (Lipinski definition) is 2. The molecule has 0 fully saturated rings. The molecule has 0 aliphatic carbocycles. The number of nitrogens with one attached hydrogen (secondary N) is 1. The van der Waals surface area contributed by atoms with E-state index in [1.165, 1.54) is 0 Å². The fourth-order valence-electron chi connectivity index (χ4n) is 1.04. The lowest BCUT2D eigenvalue weighted by atomic mass is 10.1. The number of rotatable bonds is 2. The summed E-state index contributed by atoms with van der Waals surface area (Å²) >= 11 is 0. The van der Waals surface area contributed by atoms with Gasteiger partial charge in [-0.05, 0) is 24.6 Å². The summed E-state index contributed by atoms with van der Waals surface area (Å²) in [5.74, 6) is -2.07. The third kappa shape index (κ3) is 3.43. The Morgan fingerprint density at radius 3 is 2.41 bits per heavy atom. The van der Waals surface area contributed by atoms with E-state index in [9.17, 15) is 9.59 Å². The third-order valence-electron chi connectivity index (χ3n) is 1.98. The van der Waals surface area contributed by atoms with Crippen molar-refractivity contribution in [2.24, 2.45) is 10.8 Å². The number of nitriles is 1. The lowest BCUT2D eigenvalue weighted by Gasteiger charge is -2.01. The summed E-state index contributed by atoms with van der Waals surface area (Å²) in [6, 6.07) is 8.62. The summed E-state index contributed by atoms with van der Waals surface area (Å²) in [5.41, 5.74) is 8.53. The Bertz CT molecular complexity index is 511. The van der Waals surface area contributed by atoms with Gasteiger partial charge in [-0.2, -0.15) is 10.4 Å². The van der Waals surface area contributed by atoms with Gasteiger partial charge in [0.2, 0.25) is 0 Å². The molecule has 0 spiro atoms. The van der Waals surface area contributed by atoms with Gasteiger partial charge in [-0.3, -0.25) is 9.59 Å². The highest BCUT2D eigenvalue weighted by Gasteiger charge is 2.06. The molecule has 0 saturated carbocycles. The predicted octanol–water partition coefficient (Wildman–Crippen LogP) is -0.116. The number of carbonyl (C=O) groups is 2. The molecular formula is C11H10N4O2. The summed E-state index contributed by atoms with van der Waals surface area (Å²) in [7, 11) is 0. The monoisotopic (exact) mass is 230 g/mol. The normalized spacial score (nSPS) is 10.5. The topological polar surface area (TPSA) is 108 Å². The highest BCUT2D eigenvalue weighted by Crippen LogP contribution is 2.04. The van der Waals surface area contributed by atoms with Gasteiger partial charge >= 0.3 is 11.8 Å². The van der Waals surface area contributed by atoms with E-state index < -0.39 is 11.8 Å². The summed E-state index contributed by atoms with van der Waals surface area (Å²) in [6.45, 7) is 1.66. The molecule has 6 heteroatoms. The summed E-state index contributed by atoms with van der Waals surface area (Å²) in [4.78, 5) is 21.3. The Morgan fingerprint density at radius 2 is 1.94 bits per heavy atom. The molecule has 0 aliphatic heterocycles. The zero-order chi connectivity index (χ0) is 12.8. The van der Waals surface area contributed by atoms with Crippen LogP contribution in [0.25, 0.3) is 0 Å². The lowest BCUT2D eigenvalue weighted by Crippen LogP contribution is -2.33. The van der Waals surface area contributed by atoms with Crippen molar-refractivity contribution in [1.29, 1.82) is 5.26 Å². The number of amides is 2. The standard InChI is InChI=1S/C11H10N4O2/c1-7(14-15-11(17)10(13)16)9-4-2-8(6-12)3-5-9/h2-5H,1H3,(H2,13,16)(H,15,17). The second-order valence-corrected chi connectivity index (χ2v) is 3.19. The Balaban J connectivity index is 2.78. The van der Waals surface area contributed by atoms with E-state index in [1.807, 2.05) is 11.5 Å². The van der Waals surface area contributed by atoms with Crippen molar-refractivity contribution in [2.45, 2.75) is 6.92 Å². The number of hydrazone groups is 1. The molecule has 86 valence electrons. The maximum Gasteiger partial charge on any atom is 0.329 e.